The van der Waals surface area contributed by atoms with E-state index < -0.39 is 5.97 Å². The number of benzene rings is 2. The first-order valence-corrected chi connectivity index (χ1v) is 8.76. The predicted octanol–water partition coefficient (Wildman–Crippen LogP) is 2.47. The molecule has 0 aliphatic carbocycles. The number of hydrogen-bond acceptors (Lipinski definition) is 7. The van der Waals surface area contributed by atoms with E-state index in [2.05, 4.69) is 10.1 Å². The number of carbonyl (C=O) groups excluding carboxylic acids is 2. The molecule has 0 atom stereocenters. The largest absolute Gasteiger partial charge is 0.490 e. The lowest BCUT2D eigenvalue weighted by Gasteiger charge is -2.09. The topological polar surface area (TPSA) is 92.5 Å². The third kappa shape index (κ3) is 3.85. The van der Waals surface area contributed by atoms with Gasteiger partial charge in [0.25, 0.3) is 0 Å². The van der Waals surface area contributed by atoms with E-state index in [0.717, 1.165) is 12.1 Å². The van der Waals surface area contributed by atoms with Crippen molar-refractivity contribution in [2.75, 3.05) is 19.8 Å². The summed E-state index contributed by atoms with van der Waals surface area (Å²) in [6.07, 6.45) is 3.76. The highest BCUT2D eigenvalue weighted by Gasteiger charge is 2.16. The van der Waals surface area contributed by atoms with Crippen LogP contribution in [0.25, 0.3) is 5.69 Å². The average Bonchev–Trinajstić information content (AvgIpc) is 3.17. The Labute approximate surface area is 160 Å². The van der Waals surface area contributed by atoms with E-state index >= 15 is 0 Å². The van der Waals surface area contributed by atoms with Gasteiger partial charge in [-0.1, -0.05) is 0 Å². The van der Waals surface area contributed by atoms with Crippen LogP contribution in [0.15, 0.2) is 55.1 Å². The molecule has 2 aromatic carbocycles. The van der Waals surface area contributed by atoms with Crippen LogP contribution in [-0.2, 0) is 4.74 Å². The van der Waals surface area contributed by atoms with Gasteiger partial charge in [-0.05, 0) is 42.5 Å². The molecule has 0 spiro atoms. The van der Waals surface area contributed by atoms with Gasteiger partial charge in [0.2, 0.25) is 0 Å². The SMILES string of the molecule is O=C(COC(=O)c1ccc(-n2cncn2)cc1)c1ccc2c(c1)OCCCO2. The second-order valence-corrected chi connectivity index (χ2v) is 6.10. The van der Waals surface area contributed by atoms with Crippen LogP contribution in [0.3, 0.4) is 0 Å². The smallest absolute Gasteiger partial charge is 0.338 e. The molecule has 1 aromatic heterocycles. The average molecular weight is 379 g/mol. The van der Waals surface area contributed by atoms with E-state index in [9.17, 15) is 9.59 Å². The number of hydrogen-bond donors (Lipinski definition) is 0. The molecule has 0 amide bonds. The number of fused-ring (bicyclic) bond motifs is 1. The molecule has 8 heteroatoms. The maximum atomic E-state index is 12.4. The van der Waals surface area contributed by atoms with E-state index in [1.165, 1.54) is 6.33 Å². The van der Waals surface area contributed by atoms with Crippen molar-refractivity contribution < 1.29 is 23.8 Å². The molecule has 142 valence electrons. The molecule has 0 N–H and O–H groups in total. The Bertz CT molecular complexity index is 984. The van der Waals surface area contributed by atoms with Crippen LogP contribution < -0.4 is 9.47 Å². The van der Waals surface area contributed by atoms with Gasteiger partial charge in [0.1, 0.15) is 12.7 Å². The van der Waals surface area contributed by atoms with Crippen LogP contribution >= 0.6 is 0 Å². The van der Waals surface area contributed by atoms with Crippen molar-refractivity contribution in [3.63, 3.8) is 0 Å². The molecule has 1 aliphatic heterocycles. The molecular formula is C20H17N3O5. The molecule has 1 aliphatic rings. The minimum Gasteiger partial charge on any atom is -0.490 e. The molecule has 28 heavy (non-hydrogen) atoms. The lowest BCUT2D eigenvalue weighted by Crippen LogP contribution is -2.14. The molecule has 0 fully saturated rings. The normalized spacial score (nSPS) is 12.9. The summed E-state index contributed by atoms with van der Waals surface area (Å²) < 4.78 is 17.8. The minimum absolute atomic E-state index is 0.316. The van der Waals surface area contributed by atoms with E-state index in [1.807, 2.05) is 0 Å². The van der Waals surface area contributed by atoms with Crippen molar-refractivity contribution in [2.45, 2.75) is 6.42 Å². The van der Waals surface area contributed by atoms with Gasteiger partial charge < -0.3 is 14.2 Å². The number of aromatic nitrogens is 3. The lowest BCUT2D eigenvalue weighted by atomic mass is 10.1. The van der Waals surface area contributed by atoms with Crippen LogP contribution in [0.4, 0.5) is 0 Å². The van der Waals surface area contributed by atoms with Gasteiger partial charge in [0.15, 0.2) is 23.9 Å². The quantitative estimate of drug-likeness (QED) is 0.497. The second-order valence-electron chi connectivity index (χ2n) is 6.10. The highest BCUT2D eigenvalue weighted by molar-refractivity contribution is 5.99. The van der Waals surface area contributed by atoms with Crippen LogP contribution in [-0.4, -0.2) is 46.3 Å². The molecule has 0 saturated carbocycles. The van der Waals surface area contributed by atoms with Gasteiger partial charge in [0.05, 0.1) is 24.5 Å². The van der Waals surface area contributed by atoms with Crippen molar-refractivity contribution in [3.8, 4) is 17.2 Å². The zero-order valence-electron chi connectivity index (χ0n) is 14.9. The Balaban J connectivity index is 1.38. The number of ketones is 1. The third-order valence-electron chi connectivity index (χ3n) is 4.19. The maximum absolute atomic E-state index is 12.4. The molecule has 0 bridgehead atoms. The van der Waals surface area contributed by atoms with Crippen LogP contribution in [0.5, 0.6) is 11.5 Å². The Morgan fingerprint density at radius 3 is 2.50 bits per heavy atom. The summed E-state index contributed by atoms with van der Waals surface area (Å²) in [5.41, 5.74) is 1.51. The van der Waals surface area contributed by atoms with E-state index in [4.69, 9.17) is 14.2 Å². The molecule has 4 rings (SSSR count). The first-order valence-electron chi connectivity index (χ1n) is 8.76. The standard InChI is InChI=1S/C20H17N3O5/c24-17(15-4-7-18-19(10-15)27-9-1-8-26-18)11-28-20(25)14-2-5-16(6-3-14)23-13-21-12-22-23/h2-7,10,12-13H,1,8-9,11H2. The third-order valence-corrected chi connectivity index (χ3v) is 4.19. The lowest BCUT2D eigenvalue weighted by molar-refractivity contribution is 0.0474. The van der Waals surface area contributed by atoms with Gasteiger partial charge in [-0.15, -0.1) is 0 Å². The number of rotatable bonds is 5. The predicted molar refractivity (Wildman–Crippen MR) is 98.0 cm³/mol. The summed E-state index contributed by atoms with van der Waals surface area (Å²) >= 11 is 0. The van der Waals surface area contributed by atoms with Crippen LogP contribution in [0.1, 0.15) is 27.1 Å². The summed E-state index contributed by atoms with van der Waals surface area (Å²) in [7, 11) is 0. The van der Waals surface area contributed by atoms with E-state index in [0.29, 0.717) is 35.8 Å². The summed E-state index contributed by atoms with van der Waals surface area (Å²) in [6, 6.07) is 11.6. The van der Waals surface area contributed by atoms with Crippen molar-refractivity contribution >= 4 is 11.8 Å². The van der Waals surface area contributed by atoms with Crippen LogP contribution in [0.2, 0.25) is 0 Å². The van der Waals surface area contributed by atoms with Gasteiger partial charge in [0, 0.05) is 12.0 Å². The highest BCUT2D eigenvalue weighted by Crippen LogP contribution is 2.30. The first-order chi connectivity index (χ1) is 13.7. The number of esters is 1. The molecular weight excluding hydrogens is 362 g/mol. The molecule has 3 aromatic rings. The molecule has 8 nitrogen and oxygen atoms in total. The van der Waals surface area contributed by atoms with Crippen LogP contribution in [0, 0.1) is 0 Å². The Morgan fingerprint density at radius 1 is 1.00 bits per heavy atom. The van der Waals surface area contributed by atoms with Crippen molar-refractivity contribution in [1.82, 2.24) is 14.8 Å². The Kier molecular flexibility index (Phi) is 5.01. The summed E-state index contributed by atoms with van der Waals surface area (Å²) in [4.78, 5) is 28.4. The molecule has 0 radical (unpaired) electrons. The zero-order valence-corrected chi connectivity index (χ0v) is 14.9. The highest BCUT2D eigenvalue weighted by atomic mass is 16.5. The monoisotopic (exact) mass is 379 g/mol. The summed E-state index contributed by atoms with van der Waals surface area (Å²) in [6.45, 7) is 0.751. The summed E-state index contributed by atoms with van der Waals surface area (Å²) in [5.74, 6) is 0.243. The Hall–Kier alpha value is -3.68. The fourth-order valence-corrected chi connectivity index (χ4v) is 2.73. The first kappa shape index (κ1) is 17.7. The number of nitrogens with zero attached hydrogens (tertiary/aromatic N) is 3. The fraction of sp³-hybridized carbons (Fsp3) is 0.200. The van der Waals surface area contributed by atoms with E-state index in [-0.39, 0.29) is 12.4 Å². The van der Waals surface area contributed by atoms with Gasteiger partial charge >= 0.3 is 5.97 Å². The van der Waals surface area contributed by atoms with Gasteiger partial charge in [-0.25, -0.2) is 14.5 Å². The maximum Gasteiger partial charge on any atom is 0.338 e. The molecule has 0 unspecified atom stereocenters. The Morgan fingerprint density at radius 2 is 1.75 bits per heavy atom. The summed E-state index contributed by atoms with van der Waals surface area (Å²) in [5, 5.41) is 4.02. The number of Topliss-reactive ketones (excluding diaryl/α,β-unsaturated/α-hetero) is 1. The number of carbonyl (C=O) groups is 2. The number of ether oxygens (including phenoxy) is 3. The van der Waals surface area contributed by atoms with E-state index in [1.54, 1.807) is 53.5 Å². The molecule has 0 saturated heterocycles. The van der Waals surface area contributed by atoms with Gasteiger partial charge in [-0.2, -0.15) is 5.10 Å². The van der Waals surface area contributed by atoms with Crippen molar-refractivity contribution in [1.29, 1.82) is 0 Å². The fourth-order valence-electron chi connectivity index (χ4n) is 2.73. The van der Waals surface area contributed by atoms with Gasteiger partial charge in [-0.3, -0.25) is 4.79 Å². The zero-order chi connectivity index (χ0) is 19.3. The second kappa shape index (κ2) is 7.91. The molecule has 2 heterocycles. The van der Waals surface area contributed by atoms with Crippen molar-refractivity contribution in [3.05, 3.63) is 66.2 Å². The van der Waals surface area contributed by atoms with Crippen molar-refractivity contribution in [2.24, 2.45) is 0 Å². The minimum atomic E-state index is -0.576.